The van der Waals surface area contributed by atoms with Crippen molar-refractivity contribution in [2.75, 3.05) is 0 Å². The number of hydrogen-bond donors (Lipinski definition) is 1. The van der Waals surface area contributed by atoms with Crippen LogP contribution in [0, 0.1) is 5.82 Å². The first-order valence-electron chi connectivity index (χ1n) is 7.65. The zero-order valence-electron chi connectivity index (χ0n) is 13.6. The number of rotatable bonds is 0. The van der Waals surface area contributed by atoms with Gasteiger partial charge < -0.3 is 14.4 Å². The van der Waals surface area contributed by atoms with Crippen molar-refractivity contribution in [3.8, 4) is 11.5 Å². The fourth-order valence-corrected chi connectivity index (χ4v) is 3.30. The Labute approximate surface area is 137 Å². The van der Waals surface area contributed by atoms with Gasteiger partial charge in [0.1, 0.15) is 22.9 Å². The highest BCUT2D eigenvalue weighted by Crippen LogP contribution is 2.40. The molecule has 0 radical (unpaired) electrons. The molecule has 0 amide bonds. The van der Waals surface area contributed by atoms with Crippen molar-refractivity contribution in [3.63, 3.8) is 0 Å². The Morgan fingerprint density at radius 3 is 2.75 bits per heavy atom. The van der Waals surface area contributed by atoms with E-state index in [0.717, 1.165) is 5.56 Å². The van der Waals surface area contributed by atoms with Crippen LogP contribution >= 0.6 is 0 Å². The van der Waals surface area contributed by atoms with Crippen LogP contribution in [0.2, 0.25) is 0 Å². The molecule has 1 aromatic heterocycles. The van der Waals surface area contributed by atoms with E-state index in [1.165, 1.54) is 18.2 Å². The minimum absolute atomic E-state index is 0.165. The van der Waals surface area contributed by atoms with E-state index < -0.39 is 16.8 Å². The topological polar surface area (TPSA) is 51.5 Å². The number of aromatic nitrogens is 1. The highest BCUT2D eigenvalue weighted by Gasteiger charge is 2.26. The minimum Gasteiger partial charge on any atom is -0.507 e. The molecule has 3 aromatic rings. The summed E-state index contributed by atoms with van der Waals surface area (Å²) in [6.45, 7) is 3.83. The summed E-state index contributed by atoms with van der Waals surface area (Å²) in [5, 5.41) is 10.8. The third kappa shape index (κ3) is 1.94. The van der Waals surface area contributed by atoms with Gasteiger partial charge in [0.2, 0.25) is 5.43 Å². The zero-order chi connectivity index (χ0) is 17.2. The van der Waals surface area contributed by atoms with Gasteiger partial charge in [0, 0.05) is 24.1 Å². The van der Waals surface area contributed by atoms with Crippen LogP contribution in [-0.4, -0.2) is 15.3 Å². The normalized spacial score (nSPS) is 15.5. The van der Waals surface area contributed by atoms with E-state index in [9.17, 15) is 14.3 Å². The summed E-state index contributed by atoms with van der Waals surface area (Å²) >= 11 is 0. The van der Waals surface area contributed by atoms with Gasteiger partial charge in [-0.3, -0.25) is 4.79 Å². The molecule has 0 saturated carbocycles. The molecule has 4 rings (SSSR count). The lowest BCUT2D eigenvalue weighted by atomic mass is 9.98. The standard InChI is InChI=1S/C19H16FNO3/c1-19(2)7-6-11-15(24-19)9-14(22)16-17(11)21(3)13-5-4-10(20)8-12(13)18(16)23/h4-9,22H,1-3H3. The Morgan fingerprint density at radius 1 is 1.25 bits per heavy atom. The summed E-state index contributed by atoms with van der Waals surface area (Å²) < 4.78 is 21.3. The number of aromatic hydroxyl groups is 1. The molecule has 1 aliphatic rings. The average Bonchev–Trinajstić information content (AvgIpc) is 2.50. The molecule has 0 spiro atoms. The summed E-state index contributed by atoms with van der Waals surface area (Å²) in [6.07, 6.45) is 3.81. The molecule has 1 aliphatic heterocycles. The van der Waals surface area contributed by atoms with Crippen molar-refractivity contribution in [2.45, 2.75) is 19.4 Å². The van der Waals surface area contributed by atoms with Crippen LogP contribution in [-0.2, 0) is 7.05 Å². The predicted octanol–water partition coefficient (Wildman–Crippen LogP) is 3.72. The Balaban J connectivity index is 2.25. The van der Waals surface area contributed by atoms with E-state index >= 15 is 0 Å². The number of benzene rings is 2. The van der Waals surface area contributed by atoms with Crippen molar-refractivity contribution >= 4 is 27.9 Å². The Bertz CT molecular complexity index is 1110. The number of phenols is 1. The smallest absolute Gasteiger partial charge is 0.201 e. The Morgan fingerprint density at radius 2 is 2.00 bits per heavy atom. The molecule has 1 N–H and O–H groups in total. The minimum atomic E-state index is -0.494. The number of ether oxygens (including phenoxy) is 1. The molecular formula is C19H16FNO3. The van der Waals surface area contributed by atoms with Gasteiger partial charge in [0.25, 0.3) is 0 Å². The summed E-state index contributed by atoms with van der Waals surface area (Å²) in [5.74, 6) is -0.132. The maximum atomic E-state index is 13.6. The lowest BCUT2D eigenvalue weighted by molar-refractivity contribution is 0.159. The third-order valence-corrected chi connectivity index (χ3v) is 4.43. The second-order valence-corrected chi connectivity index (χ2v) is 6.62. The van der Waals surface area contributed by atoms with Gasteiger partial charge in [-0.05, 0) is 44.2 Å². The maximum absolute atomic E-state index is 13.6. The monoisotopic (exact) mass is 325 g/mol. The number of aryl methyl sites for hydroxylation is 1. The highest BCUT2D eigenvalue weighted by molar-refractivity contribution is 6.01. The predicted molar refractivity (Wildman–Crippen MR) is 92.1 cm³/mol. The Hall–Kier alpha value is -2.82. The van der Waals surface area contributed by atoms with Crippen molar-refractivity contribution in [1.82, 2.24) is 4.57 Å². The molecule has 2 aromatic carbocycles. The van der Waals surface area contributed by atoms with E-state index in [2.05, 4.69) is 0 Å². The van der Waals surface area contributed by atoms with Gasteiger partial charge in [-0.1, -0.05) is 0 Å². The van der Waals surface area contributed by atoms with Crippen LogP contribution in [0.1, 0.15) is 19.4 Å². The van der Waals surface area contributed by atoms with Crippen molar-refractivity contribution in [1.29, 1.82) is 0 Å². The molecule has 5 heteroatoms. The summed E-state index contributed by atoms with van der Waals surface area (Å²) in [4.78, 5) is 12.8. The van der Waals surface area contributed by atoms with Gasteiger partial charge in [-0.15, -0.1) is 0 Å². The molecule has 122 valence electrons. The maximum Gasteiger partial charge on any atom is 0.201 e. The van der Waals surface area contributed by atoms with Crippen LogP contribution in [0.15, 0.2) is 35.1 Å². The van der Waals surface area contributed by atoms with E-state index in [-0.39, 0.29) is 16.5 Å². The second kappa shape index (κ2) is 4.60. The number of pyridine rings is 1. The van der Waals surface area contributed by atoms with Gasteiger partial charge in [-0.2, -0.15) is 0 Å². The van der Waals surface area contributed by atoms with Crippen LogP contribution in [0.3, 0.4) is 0 Å². The lowest BCUT2D eigenvalue weighted by Gasteiger charge is -2.29. The molecule has 0 atom stereocenters. The summed E-state index contributed by atoms with van der Waals surface area (Å²) in [5.41, 5.74) is 1.01. The van der Waals surface area contributed by atoms with E-state index in [0.29, 0.717) is 16.8 Å². The third-order valence-electron chi connectivity index (χ3n) is 4.43. The number of halogens is 1. The van der Waals surface area contributed by atoms with Crippen LogP contribution < -0.4 is 10.2 Å². The Kier molecular flexibility index (Phi) is 2.83. The molecule has 4 nitrogen and oxygen atoms in total. The van der Waals surface area contributed by atoms with Gasteiger partial charge >= 0.3 is 0 Å². The first-order valence-corrected chi connectivity index (χ1v) is 7.65. The molecule has 0 bridgehead atoms. The SMILES string of the molecule is Cn1c2ccc(F)cc2c(=O)c2c(O)cc3c(c21)C=CC(C)(C)O3. The largest absolute Gasteiger partial charge is 0.507 e. The fourth-order valence-electron chi connectivity index (χ4n) is 3.30. The quantitative estimate of drug-likeness (QED) is 0.641. The molecule has 0 saturated heterocycles. The molecule has 2 heterocycles. The van der Waals surface area contributed by atoms with Crippen molar-refractivity contribution in [3.05, 3.63) is 51.9 Å². The number of hydrogen-bond acceptors (Lipinski definition) is 3. The number of nitrogens with zero attached hydrogens (tertiary/aromatic N) is 1. The van der Waals surface area contributed by atoms with Crippen LogP contribution in [0.5, 0.6) is 11.5 Å². The molecule has 0 fully saturated rings. The van der Waals surface area contributed by atoms with Crippen LogP contribution in [0.4, 0.5) is 4.39 Å². The number of fused-ring (bicyclic) bond motifs is 4. The number of phenolic OH excluding ortho intramolecular Hbond substituents is 1. The van der Waals surface area contributed by atoms with Gasteiger partial charge in [-0.25, -0.2) is 4.39 Å². The lowest BCUT2D eigenvalue weighted by Crippen LogP contribution is -2.28. The van der Waals surface area contributed by atoms with Crippen LogP contribution in [0.25, 0.3) is 27.9 Å². The molecule has 0 aliphatic carbocycles. The average molecular weight is 325 g/mol. The summed E-state index contributed by atoms with van der Waals surface area (Å²) in [6, 6.07) is 5.54. The first kappa shape index (κ1) is 14.8. The molecule has 0 unspecified atom stereocenters. The fraction of sp³-hybridized carbons (Fsp3) is 0.211. The first-order chi connectivity index (χ1) is 11.3. The highest BCUT2D eigenvalue weighted by atomic mass is 19.1. The van der Waals surface area contributed by atoms with Crippen molar-refractivity contribution in [2.24, 2.45) is 7.05 Å². The van der Waals surface area contributed by atoms with Gasteiger partial charge in [0.15, 0.2) is 0 Å². The van der Waals surface area contributed by atoms with E-state index in [1.54, 1.807) is 17.7 Å². The summed E-state index contributed by atoms with van der Waals surface area (Å²) in [7, 11) is 1.79. The van der Waals surface area contributed by atoms with E-state index in [4.69, 9.17) is 4.74 Å². The van der Waals surface area contributed by atoms with E-state index in [1.807, 2.05) is 26.0 Å². The molecule has 24 heavy (non-hydrogen) atoms. The van der Waals surface area contributed by atoms with Gasteiger partial charge in [0.05, 0.1) is 16.4 Å². The van der Waals surface area contributed by atoms with Crippen molar-refractivity contribution < 1.29 is 14.2 Å². The molecular weight excluding hydrogens is 309 g/mol. The second-order valence-electron chi connectivity index (χ2n) is 6.62. The zero-order valence-corrected chi connectivity index (χ0v) is 13.6.